The van der Waals surface area contributed by atoms with E-state index in [1.807, 2.05) is 23.1 Å². The molecule has 136 valence electrons. The monoisotopic (exact) mass is 397 g/mol. The van der Waals surface area contributed by atoms with Crippen molar-refractivity contribution in [1.82, 2.24) is 9.88 Å². The van der Waals surface area contributed by atoms with Crippen molar-refractivity contribution in [3.63, 3.8) is 0 Å². The number of para-hydroxylation sites is 1. The molecule has 3 aromatic rings. The molecule has 1 fully saturated rings. The van der Waals surface area contributed by atoms with Crippen LogP contribution in [0.5, 0.6) is 5.19 Å². The summed E-state index contributed by atoms with van der Waals surface area (Å²) in [5.41, 5.74) is 1.93. The van der Waals surface area contributed by atoms with Crippen molar-refractivity contribution in [1.29, 1.82) is 5.26 Å². The van der Waals surface area contributed by atoms with Crippen LogP contribution in [0.25, 0.3) is 10.2 Å². The first-order valence-corrected chi connectivity index (χ1v) is 9.84. The number of rotatable bonds is 3. The highest BCUT2D eigenvalue weighted by atomic mass is 35.5. The molecule has 1 amide bonds. The molecule has 0 saturated carbocycles. The van der Waals surface area contributed by atoms with Crippen LogP contribution in [0.1, 0.15) is 28.8 Å². The Morgan fingerprint density at radius 2 is 1.96 bits per heavy atom. The summed E-state index contributed by atoms with van der Waals surface area (Å²) >= 11 is 7.66. The van der Waals surface area contributed by atoms with Crippen molar-refractivity contribution in [2.24, 2.45) is 0 Å². The molecule has 0 unspecified atom stereocenters. The quantitative estimate of drug-likeness (QED) is 0.652. The Balaban J connectivity index is 1.37. The fraction of sp³-hybridized carbons (Fsp3) is 0.250. The number of nitrogens with zero attached hydrogens (tertiary/aromatic N) is 3. The highest BCUT2D eigenvalue weighted by molar-refractivity contribution is 7.20. The van der Waals surface area contributed by atoms with Crippen molar-refractivity contribution in [2.75, 3.05) is 13.1 Å². The summed E-state index contributed by atoms with van der Waals surface area (Å²) in [4.78, 5) is 18.9. The highest BCUT2D eigenvalue weighted by Crippen LogP contribution is 2.33. The predicted octanol–water partition coefficient (Wildman–Crippen LogP) is 4.50. The number of piperidine rings is 1. The first kappa shape index (κ1) is 17.8. The number of ether oxygens (including phenoxy) is 1. The maximum absolute atomic E-state index is 12.6. The number of amides is 1. The van der Waals surface area contributed by atoms with Gasteiger partial charge >= 0.3 is 0 Å². The average molecular weight is 398 g/mol. The van der Waals surface area contributed by atoms with Gasteiger partial charge in [-0.1, -0.05) is 29.0 Å². The molecule has 0 radical (unpaired) electrons. The zero-order valence-electron chi connectivity index (χ0n) is 14.4. The number of carbonyl (C=O) groups is 1. The van der Waals surface area contributed by atoms with Gasteiger partial charge in [-0.25, -0.2) is 4.98 Å². The first-order chi connectivity index (χ1) is 13.1. The fourth-order valence-corrected chi connectivity index (χ4v) is 4.32. The number of nitriles is 1. The van der Waals surface area contributed by atoms with E-state index in [9.17, 15) is 4.79 Å². The number of carbonyl (C=O) groups excluding carboxylic acids is 1. The molecule has 5 nitrogen and oxygen atoms in total. The van der Waals surface area contributed by atoms with Gasteiger partial charge in [0.25, 0.3) is 11.1 Å². The minimum absolute atomic E-state index is 0.00953. The standard InChI is InChI=1S/C20H16ClN3O2S/c21-16-2-1-3-17-18(16)23-20(27-17)26-15-8-10-24(11-9-15)19(25)14-6-4-13(12-22)5-7-14/h1-7,15H,8-11H2. The van der Waals surface area contributed by atoms with E-state index >= 15 is 0 Å². The second-order valence-electron chi connectivity index (χ2n) is 6.36. The lowest BCUT2D eigenvalue weighted by molar-refractivity contribution is 0.0595. The molecule has 4 rings (SSSR count). The van der Waals surface area contributed by atoms with Crippen molar-refractivity contribution in [2.45, 2.75) is 18.9 Å². The lowest BCUT2D eigenvalue weighted by atomic mass is 10.1. The van der Waals surface area contributed by atoms with Gasteiger partial charge in [-0.05, 0) is 36.4 Å². The second-order valence-corrected chi connectivity index (χ2v) is 7.77. The van der Waals surface area contributed by atoms with E-state index in [-0.39, 0.29) is 12.0 Å². The molecule has 0 atom stereocenters. The van der Waals surface area contributed by atoms with Gasteiger partial charge < -0.3 is 9.64 Å². The summed E-state index contributed by atoms with van der Waals surface area (Å²) in [6.07, 6.45) is 1.55. The third-order valence-electron chi connectivity index (χ3n) is 4.61. The molecule has 0 bridgehead atoms. The normalized spacial score (nSPS) is 14.9. The van der Waals surface area contributed by atoms with E-state index in [1.54, 1.807) is 24.3 Å². The first-order valence-electron chi connectivity index (χ1n) is 8.65. The van der Waals surface area contributed by atoms with Gasteiger partial charge in [-0.3, -0.25) is 4.79 Å². The van der Waals surface area contributed by atoms with Crippen molar-refractivity contribution >= 4 is 39.1 Å². The zero-order chi connectivity index (χ0) is 18.8. The summed E-state index contributed by atoms with van der Waals surface area (Å²) in [7, 11) is 0. The Hall–Kier alpha value is -2.62. The largest absolute Gasteiger partial charge is 0.467 e. The summed E-state index contributed by atoms with van der Waals surface area (Å²) < 4.78 is 7.04. The van der Waals surface area contributed by atoms with Gasteiger partial charge in [-0.15, -0.1) is 0 Å². The molecule has 2 aromatic carbocycles. The summed E-state index contributed by atoms with van der Waals surface area (Å²) in [5, 5.41) is 10.1. The summed E-state index contributed by atoms with van der Waals surface area (Å²) in [5.74, 6) is -0.00953. The molecule has 0 spiro atoms. The molecule has 7 heteroatoms. The van der Waals surface area contributed by atoms with Crippen LogP contribution in [0.2, 0.25) is 5.02 Å². The van der Waals surface area contributed by atoms with Crippen LogP contribution in [-0.4, -0.2) is 35.0 Å². The summed E-state index contributed by atoms with van der Waals surface area (Å²) in [6.45, 7) is 1.27. The van der Waals surface area contributed by atoms with Crippen molar-refractivity contribution in [3.05, 3.63) is 58.6 Å². The van der Waals surface area contributed by atoms with Crippen LogP contribution < -0.4 is 4.74 Å². The Bertz CT molecular complexity index is 1020. The number of hydrogen-bond acceptors (Lipinski definition) is 5. The number of hydrogen-bond donors (Lipinski definition) is 0. The van der Waals surface area contributed by atoms with Crippen molar-refractivity contribution in [3.8, 4) is 11.3 Å². The number of thiazole rings is 1. The Morgan fingerprint density at radius 1 is 1.22 bits per heavy atom. The molecule has 1 aliphatic heterocycles. The van der Waals surface area contributed by atoms with Crippen LogP contribution in [-0.2, 0) is 0 Å². The van der Waals surface area contributed by atoms with E-state index in [0.29, 0.717) is 34.4 Å². The molecule has 1 aromatic heterocycles. The maximum Gasteiger partial charge on any atom is 0.274 e. The second kappa shape index (κ2) is 7.55. The van der Waals surface area contributed by atoms with Gasteiger partial charge in [0.1, 0.15) is 11.6 Å². The van der Waals surface area contributed by atoms with Crippen molar-refractivity contribution < 1.29 is 9.53 Å². The minimum Gasteiger partial charge on any atom is -0.467 e. The number of aromatic nitrogens is 1. The van der Waals surface area contributed by atoms with Gasteiger partial charge in [0.2, 0.25) is 0 Å². The smallest absolute Gasteiger partial charge is 0.274 e. The lowest BCUT2D eigenvalue weighted by Crippen LogP contribution is -2.41. The topological polar surface area (TPSA) is 66.2 Å². The molecular weight excluding hydrogens is 382 g/mol. The van der Waals surface area contributed by atoms with E-state index < -0.39 is 0 Å². The van der Waals surface area contributed by atoms with E-state index in [4.69, 9.17) is 21.6 Å². The highest BCUT2D eigenvalue weighted by Gasteiger charge is 2.25. The van der Waals surface area contributed by atoms with Crippen LogP contribution in [0.15, 0.2) is 42.5 Å². The average Bonchev–Trinajstić information content (AvgIpc) is 3.12. The minimum atomic E-state index is -0.00953. The third kappa shape index (κ3) is 3.75. The molecular formula is C20H16ClN3O2S. The SMILES string of the molecule is N#Cc1ccc(C(=O)N2CCC(Oc3nc4c(Cl)cccc4s3)CC2)cc1. The van der Waals surface area contributed by atoms with Crippen LogP contribution in [0.4, 0.5) is 0 Å². The number of benzene rings is 2. The van der Waals surface area contributed by atoms with E-state index in [2.05, 4.69) is 11.1 Å². The van der Waals surface area contributed by atoms with Gasteiger partial charge in [0.05, 0.1) is 21.4 Å². The predicted molar refractivity (Wildman–Crippen MR) is 105 cm³/mol. The molecule has 1 saturated heterocycles. The third-order valence-corrected chi connectivity index (χ3v) is 5.82. The lowest BCUT2D eigenvalue weighted by Gasteiger charge is -2.31. The molecule has 1 aliphatic rings. The number of fused-ring (bicyclic) bond motifs is 1. The maximum atomic E-state index is 12.6. The van der Waals surface area contributed by atoms with E-state index in [0.717, 1.165) is 23.1 Å². The number of likely N-dealkylation sites (tertiary alicyclic amines) is 1. The Morgan fingerprint density at radius 3 is 2.63 bits per heavy atom. The fourth-order valence-electron chi connectivity index (χ4n) is 3.13. The molecule has 2 heterocycles. The molecule has 0 aliphatic carbocycles. The van der Waals surface area contributed by atoms with Crippen LogP contribution >= 0.6 is 22.9 Å². The van der Waals surface area contributed by atoms with Gasteiger partial charge in [0, 0.05) is 31.5 Å². The van der Waals surface area contributed by atoms with Gasteiger partial charge in [0.15, 0.2) is 0 Å². The van der Waals surface area contributed by atoms with E-state index in [1.165, 1.54) is 11.3 Å². The molecule has 27 heavy (non-hydrogen) atoms. The van der Waals surface area contributed by atoms with Gasteiger partial charge in [-0.2, -0.15) is 5.26 Å². The zero-order valence-corrected chi connectivity index (χ0v) is 16.0. The number of halogens is 1. The summed E-state index contributed by atoms with van der Waals surface area (Å²) in [6, 6.07) is 14.5. The van der Waals surface area contributed by atoms with Crippen LogP contribution in [0, 0.1) is 11.3 Å². The Kier molecular flexibility index (Phi) is 4.97. The Labute approximate surface area is 165 Å². The molecule has 0 N–H and O–H groups in total. The van der Waals surface area contributed by atoms with Crippen LogP contribution in [0.3, 0.4) is 0 Å².